The zero-order valence-corrected chi connectivity index (χ0v) is 11.4. The number of halogens is 3. The standard InChI is InChI=1S/C12H22F3NS/c1-3-6-11(2,9-16-10-4-5-10)7-8-17-12(13,14)15/h10,16H,3-9H2,1-2H3. The van der Waals surface area contributed by atoms with E-state index in [0.717, 1.165) is 19.4 Å². The zero-order chi connectivity index (χ0) is 12.9. The second-order valence-electron chi connectivity index (χ2n) is 5.26. The summed E-state index contributed by atoms with van der Waals surface area (Å²) >= 11 is 0.108. The maximum atomic E-state index is 12.1. The maximum absolute atomic E-state index is 12.1. The fraction of sp³-hybridized carbons (Fsp3) is 1.00. The first-order valence-electron chi connectivity index (χ1n) is 6.29. The normalized spacial score (nSPS) is 20.3. The summed E-state index contributed by atoms with van der Waals surface area (Å²) in [6, 6.07) is 0.626. The smallest absolute Gasteiger partial charge is 0.313 e. The summed E-state index contributed by atoms with van der Waals surface area (Å²) in [5.41, 5.74) is -4.08. The first kappa shape index (κ1) is 15.2. The molecule has 1 rings (SSSR count). The molecule has 1 nitrogen and oxygen atoms in total. The lowest BCUT2D eigenvalue weighted by atomic mass is 9.83. The van der Waals surface area contributed by atoms with Crippen LogP contribution < -0.4 is 5.32 Å². The van der Waals surface area contributed by atoms with Crippen molar-refractivity contribution in [2.75, 3.05) is 12.3 Å². The molecule has 17 heavy (non-hydrogen) atoms. The van der Waals surface area contributed by atoms with Crippen molar-refractivity contribution in [1.82, 2.24) is 5.32 Å². The largest absolute Gasteiger partial charge is 0.441 e. The van der Waals surface area contributed by atoms with Crippen LogP contribution in [0.15, 0.2) is 0 Å². The SMILES string of the molecule is CCCC(C)(CCSC(F)(F)F)CNC1CC1. The molecule has 0 aromatic carbocycles. The Morgan fingerprint density at radius 1 is 1.24 bits per heavy atom. The van der Waals surface area contributed by atoms with E-state index >= 15 is 0 Å². The van der Waals surface area contributed by atoms with Crippen LogP contribution in [0.3, 0.4) is 0 Å². The van der Waals surface area contributed by atoms with Crippen LogP contribution in [-0.2, 0) is 0 Å². The second-order valence-corrected chi connectivity index (χ2v) is 6.42. The van der Waals surface area contributed by atoms with Crippen molar-refractivity contribution in [2.45, 2.75) is 57.5 Å². The van der Waals surface area contributed by atoms with Crippen LogP contribution >= 0.6 is 11.8 Å². The first-order valence-corrected chi connectivity index (χ1v) is 7.27. The molecule has 1 unspecified atom stereocenters. The zero-order valence-electron chi connectivity index (χ0n) is 10.6. The lowest BCUT2D eigenvalue weighted by molar-refractivity contribution is -0.0329. The summed E-state index contributed by atoms with van der Waals surface area (Å²) in [6.45, 7) is 5.04. The second kappa shape index (κ2) is 6.32. The number of rotatable bonds is 8. The van der Waals surface area contributed by atoms with Gasteiger partial charge in [-0.05, 0) is 31.1 Å². The number of hydrogen-bond acceptors (Lipinski definition) is 2. The molecule has 1 aliphatic carbocycles. The molecule has 0 amide bonds. The molecule has 0 aromatic heterocycles. The Kier molecular flexibility index (Phi) is 5.64. The lowest BCUT2D eigenvalue weighted by Gasteiger charge is -2.30. The van der Waals surface area contributed by atoms with Crippen LogP contribution in [-0.4, -0.2) is 23.8 Å². The van der Waals surface area contributed by atoms with E-state index in [2.05, 4.69) is 19.2 Å². The van der Waals surface area contributed by atoms with Crippen molar-refractivity contribution in [3.8, 4) is 0 Å². The molecule has 5 heteroatoms. The summed E-state index contributed by atoms with van der Waals surface area (Å²) in [4.78, 5) is 0. The van der Waals surface area contributed by atoms with Crippen molar-refractivity contribution in [1.29, 1.82) is 0 Å². The van der Waals surface area contributed by atoms with Gasteiger partial charge in [0.15, 0.2) is 0 Å². The van der Waals surface area contributed by atoms with Crippen LogP contribution in [0.25, 0.3) is 0 Å². The maximum Gasteiger partial charge on any atom is 0.441 e. The molecule has 0 aliphatic heterocycles. The van der Waals surface area contributed by atoms with Gasteiger partial charge in [-0.3, -0.25) is 0 Å². The van der Waals surface area contributed by atoms with Gasteiger partial charge in [-0.2, -0.15) is 13.2 Å². The van der Waals surface area contributed by atoms with Crippen molar-refractivity contribution < 1.29 is 13.2 Å². The van der Waals surface area contributed by atoms with Crippen molar-refractivity contribution in [3.63, 3.8) is 0 Å². The van der Waals surface area contributed by atoms with Gasteiger partial charge in [0.25, 0.3) is 0 Å². The molecule has 1 aliphatic rings. The highest BCUT2D eigenvalue weighted by molar-refractivity contribution is 8.00. The summed E-state index contributed by atoms with van der Waals surface area (Å²) in [7, 11) is 0. The van der Waals surface area contributed by atoms with Crippen molar-refractivity contribution in [3.05, 3.63) is 0 Å². The van der Waals surface area contributed by atoms with Gasteiger partial charge in [0.05, 0.1) is 0 Å². The van der Waals surface area contributed by atoms with Crippen LogP contribution in [0.1, 0.15) is 46.0 Å². The Morgan fingerprint density at radius 2 is 1.88 bits per heavy atom. The topological polar surface area (TPSA) is 12.0 Å². The van der Waals surface area contributed by atoms with Crippen LogP contribution in [0.4, 0.5) is 13.2 Å². The molecule has 1 fully saturated rings. The number of thioether (sulfide) groups is 1. The molecule has 0 saturated heterocycles. The van der Waals surface area contributed by atoms with Gasteiger partial charge in [0, 0.05) is 18.3 Å². The molecule has 0 spiro atoms. The molecule has 1 atom stereocenters. The van der Waals surface area contributed by atoms with E-state index in [1.54, 1.807) is 0 Å². The summed E-state index contributed by atoms with van der Waals surface area (Å²) in [6.07, 6.45) is 5.09. The Hall–Kier alpha value is 0.1000. The van der Waals surface area contributed by atoms with E-state index in [4.69, 9.17) is 0 Å². The minimum Gasteiger partial charge on any atom is -0.313 e. The van der Waals surface area contributed by atoms with E-state index < -0.39 is 5.51 Å². The molecule has 1 N–H and O–H groups in total. The predicted octanol–water partition coefficient (Wildman–Crippen LogP) is 4.19. The third-order valence-electron chi connectivity index (χ3n) is 3.22. The predicted molar refractivity (Wildman–Crippen MR) is 67.2 cm³/mol. The fourth-order valence-electron chi connectivity index (χ4n) is 2.00. The molecule has 0 aromatic rings. The first-order chi connectivity index (χ1) is 7.85. The highest BCUT2D eigenvalue weighted by Crippen LogP contribution is 2.35. The van der Waals surface area contributed by atoms with E-state index in [9.17, 15) is 13.2 Å². The van der Waals surface area contributed by atoms with Gasteiger partial charge in [-0.15, -0.1) is 0 Å². The fourth-order valence-corrected chi connectivity index (χ4v) is 2.82. The molecule has 1 saturated carbocycles. The molecule has 0 bridgehead atoms. The van der Waals surface area contributed by atoms with Crippen LogP contribution in [0.2, 0.25) is 0 Å². The lowest BCUT2D eigenvalue weighted by Crippen LogP contribution is -2.33. The Bertz CT molecular complexity index is 228. The molecule has 102 valence electrons. The average molecular weight is 269 g/mol. The molecular formula is C12H22F3NS. The van der Waals surface area contributed by atoms with Gasteiger partial charge in [-0.25, -0.2) is 0 Å². The van der Waals surface area contributed by atoms with E-state index in [1.807, 2.05) is 0 Å². The average Bonchev–Trinajstić information content (AvgIpc) is 2.96. The van der Waals surface area contributed by atoms with Crippen molar-refractivity contribution >= 4 is 11.8 Å². The molecule has 0 radical (unpaired) electrons. The minimum absolute atomic E-state index is 0.00951. The minimum atomic E-state index is -4.09. The highest BCUT2D eigenvalue weighted by Gasteiger charge is 2.31. The van der Waals surface area contributed by atoms with Crippen LogP contribution in [0, 0.1) is 5.41 Å². The monoisotopic (exact) mass is 269 g/mol. The summed E-state index contributed by atoms with van der Waals surface area (Å²) in [5, 5.41) is 3.44. The number of alkyl halides is 3. The third kappa shape index (κ3) is 7.19. The highest BCUT2D eigenvalue weighted by atomic mass is 32.2. The van der Waals surface area contributed by atoms with Gasteiger partial charge >= 0.3 is 5.51 Å². The summed E-state index contributed by atoms with van der Waals surface area (Å²) < 4.78 is 36.3. The van der Waals surface area contributed by atoms with Gasteiger partial charge in [0.1, 0.15) is 0 Å². The number of hydrogen-bond donors (Lipinski definition) is 1. The van der Waals surface area contributed by atoms with E-state index in [1.165, 1.54) is 12.8 Å². The summed E-state index contributed by atoms with van der Waals surface area (Å²) in [5.74, 6) is 0.173. The molecular weight excluding hydrogens is 247 g/mol. The quantitative estimate of drug-likeness (QED) is 0.709. The van der Waals surface area contributed by atoms with Crippen LogP contribution in [0.5, 0.6) is 0 Å². The van der Waals surface area contributed by atoms with Gasteiger partial charge < -0.3 is 5.32 Å². The van der Waals surface area contributed by atoms with E-state index in [0.29, 0.717) is 12.5 Å². The Labute approximate surface area is 106 Å². The van der Waals surface area contributed by atoms with Gasteiger partial charge in [0.2, 0.25) is 0 Å². The van der Waals surface area contributed by atoms with E-state index in [-0.39, 0.29) is 22.9 Å². The number of nitrogens with one attached hydrogen (secondary N) is 1. The van der Waals surface area contributed by atoms with Crippen molar-refractivity contribution in [2.24, 2.45) is 5.41 Å². The van der Waals surface area contributed by atoms with Gasteiger partial charge in [-0.1, -0.05) is 32.0 Å². The Balaban J connectivity index is 2.28. The Morgan fingerprint density at radius 3 is 2.35 bits per heavy atom. The third-order valence-corrected chi connectivity index (χ3v) is 3.96. The molecule has 0 heterocycles.